The first-order valence-electron chi connectivity index (χ1n) is 6.45. The van der Waals surface area contributed by atoms with Crippen LogP contribution in [0.2, 0.25) is 0 Å². The molecule has 0 fully saturated rings. The van der Waals surface area contributed by atoms with Gasteiger partial charge in [0, 0.05) is 10.9 Å². The second-order valence-electron chi connectivity index (χ2n) is 4.78. The fourth-order valence-corrected chi connectivity index (χ4v) is 2.42. The van der Waals surface area contributed by atoms with E-state index in [2.05, 4.69) is 0 Å². The van der Waals surface area contributed by atoms with Crippen LogP contribution in [0.1, 0.15) is 17.3 Å². The lowest BCUT2D eigenvalue weighted by Gasteiger charge is -2.08. The Hall–Kier alpha value is -2.48. The Balaban J connectivity index is 2.27. The van der Waals surface area contributed by atoms with E-state index in [9.17, 15) is 9.18 Å². The number of fused-ring (bicyclic) bond motifs is 1. The minimum atomic E-state index is -0.230. The van der Waals surface area contributed by atoms with Crippen LogP contribution in [-0.2, 0) is 0 Å². The molecule has 0 bridgehead atoms. The molecular formula is C18H13FO. The van der Waals surface area contributed by atoms with Crippen molar-refractivity contribution in [2.45, 2.75) is 6.92 Å². The van der Waals surface area contributed by atoms with Gasteiger partial charge in [0.15, 0.2) is 5.78 Å². The Labute approximate surface area is 116 Å². The average Bonchev–Trinajstić information content (AvgIpc) is 2.48. The predicted molar refractivity (Wildman–Crippen MR) is 79.3 cm³/mol. The zero-order chi connectivity index (χ0) is 14.1. The molecule has 1 nitrogen and oxygen atoms in total. The highest BCUT2D eigenvalue weighted by Gasteiger charge is 2.08. The largest absolute Gasteiger partial charge is 0.295 e. The zero-order valence-corrected chi connectivity index (χ0v) is 11.1. The Morgan fingerprint density at radius 1 is 0.900 bits per heavy atom. The minimum Gasteiger partial charge on any atom is -0.295 e. The summed E-state index contributed by atoms with van der Waals surface area (Å²) in [7, 11) is 0. The molecule has 0 heterocycles. The molecule has 3 aromatic rings. The van der Waals surface area contributed by atoms with Crippen molar-refractivity contribution in [2.24, 2.45) is 0 Å². The molecule has 0 spiro atoms. The van der Waals surface area contributed by atoms with Gasteiger partial charge in [0.1, 0.15) is 5.82 Å². The Morgan fingerprint density at radius 2 is 1.65 bits per heavy atom. The van der Waals surface area contributed by atoms with Gasteiger partial charge in [-0.15, -0.1) is 0 Å². The van der Waals surface area contributed by atoms with Gasteiger partial charge in [0.05, 0.1) is 0 Å². The van der Waals surface area contributed by atoms with Crippen molar-refractivity contribution in [1.82, 2.24) is 0 Å². The number of hydrogen-bond donors (Lipinski definition) is 0. The lowest BCUT2D eigenvalue weighted by molar-refractivity contribution is 0.101. The topological polar surface area (TPSA) is 17.1 Å². The maximum absolute atomic E-state index is 13.8. The molecule has 0 aliphatic heterocycles. The van der Waals surface area contributed by atoms with Gasteiger partial charge in [0.25, 0.3) is 0 Å². The number of benzene rings is 3. The van der Waals surface area contributed by atoms with Gasteiger partial charge in [-0.2, -0.15) is 0 Å². The Kier molecular flexibility index (Phi) is 3.07. The van der Waals surface area contributed by atoms with Crippen molar-refractivity contribution in [1.29, 1.82) is 0 Å². The molecule has 3 aromatic carbocycles. The number of carbonyl (C=O) groups excluding carboxylic acids is 1. The molecule has 0 saturated carbocycles. The van der Waals surface area contributed by atoms with E-state index in [0.29, 0.717) is 10.9 Å². The van der Waals surface area contributed by atoms with Crippen LogP contribution >= 0.6 is 0 Å². The fraction of sp³-hybridized carbons (Fsp3) is 0.0556. The lowest BCUT2D eigenvalue weighted by Crippen LogP contribution is -1.92. The van der Waals surface area contributed by atoms with E-state index in [4.69, 9.17) is 0 Å². The molecule has 0 N–H and O–H groups in total. The number of rotatable bonds is 2. The summed E-state index contributed by atoms with van der Waals surface area (Å²) in [6.07, 6.45) is 0. The molecule has 0 aliphatic rings. The molecule has 0 aliphatic carbocycles. The van der Waals surface area contributed by atoms with Crippen molar-refractivity contribution < 1.29 is 9.18 Å². The molecule has 0 radical (unpaired) electrons. The highest BCUT2D eigenvalue weighted by atomic mass is 19.1. The van der Waals surface area contributed by atoms with Gasteiger partial charge in [0.2, 0.25) is 0 Å². The third-order valence-electron chi connectivity index (χ3n) is 3.45. The van der Waals surface area contributed by atoms with Gasteiger partial charge in [-0.1, -0.05) is 48.5 Å². The summed E-state index contributed by atoms with van der Waals surface area (Å²) in [6, 6.07) is 18.0. The maximum Gasteiger partial charge on any atom is 0.159 e. The first-order valence-corrected chi connectivity index (χ1v) is 6.45. The molecule has 0 atom stereocenters. The highest BCUT2D eigenvalue weighted by molar-refractivity contribution is 5.99. The monoisotopic (exact) mass is 264 g/mol. The van der Waals surface area contributed by atoms with Crippen molar-refractivity contribution >= 4 is 16.6 Å². The standard InChI is InChI=1S/C18H13FO/c1-12(20)13-5-4-6-14(11-13)15-9-10-18(19)17-8-3-2-7-16(15)17/h2-11H,1H3. The van der Waals surface area contributed by atoms with E-state index < -0.39 is 0 Å². The maximum atomic E-state index is 13.8. The summed E-state index contributed by atoms with van der Waals surface area (Å²) in [6.45, 7) is 1.54. The van der Waals surface area contributed by atoms with Gasteiger partial charge in [-0.3, -0.25) is 4.79 Å². The SMILES string of the molecule is CC(=O)c1cccc(-c2ccc(F)c3ccccc23)c1. The number of carbonyl (C=O) groups is 1. The Morgan fingerprint density at radius 3 is 2.40 bits per heavy atom. The van der Waals surface area contributed by atoms with Crippen LogP contribution in [0.25, 0.3) is 21.9 Å². The Bertz CT molecular complexity index is 805. The summed E-state index contributed by atoms with van der Waals surface area (Å²) >= 11 is 0. The van der Waals surface area contributed by atoms with Crippen LogP contribution in [0.3, 0.4) is 0 Å². The van der Waals surface area contributed by atoms with Crippen LogP contribution in [0.5, 0.6) is 0 Å². The number of hydrogen-bond acceptors (Lipinski definition) is 1. The fourth-order valence-electron chi connectivity index (χ4n) is 2.42. The second-order valence-corrected chi connectivity index (χ2v) is 4.78. The summed E-state index contributed by atoms with van der Waals surface area (Å²) in [4.78, 5) is 11.5. The van der Waals surface area contributed by atoms with Crippen LogP contribution < -0.4 is 0 Å². The first-order chi connectivity index (χ1) is 9.66. The quantitative estimate of drug-likeness (QED) is 0.605. The van der Waals surface area contributed by atoms with Crippen molar-refractivity contribution in [3.63, 3.8) is 0 Å². The number of halogens is 1. The van der Waals surface area contributed by atoms with Gasteiger partial charge in [-0.25, -0.2) is 4.39 Å². The number of Topliss-reactive ketones (excluding diaryl/α,β-unsaturated/α-hetero) is 1. The summed E-state index contributed by atoms with van der Waals surface area (Å²) in [5, 5.41) is 1.45. The van der Waals surface area contributed by atoms with E-state index >= 15 is 0 Å². The summed E-state index contributed by atoms with van der Waals surface area (Å²) in [5.41, 5.74) is 2.52. The van der Waals surface area contributed by atoms with Crippen LogP contribution in [0.4, 0.5) is 4.39 Å². The second kappa shape index (κ2) is 4.89. The highest BCUT2D eigenvalue weighted by Crippen LogP contribution is 2.30. The van der Waals surface area contributed by atoms with Crippen molar-refractivity contribution in [3.05, 3.63) is 72.0 Å². The average molecular weight is 264 g/mol. The lowest BCUT2D eigenvalue weighted by atomic mass is 9.96. The normalized spacial score (nSPS) is 10.7. The summed E-state index contributed by atoms with van der Waals surface area (Å²) < 4.78 is 13.8. The van der Waals surface area contributed by atoms with Gasteiger partial charge in [-0.05, 0) is 35.6 Å². The van der Waals surface area contributed by atoms with E-state index in [1.165, 1.54) is 6.07 Å². The van der Waals surface area contributed by atoms with E-state index in [-0.39, 0.29) is 11.6 Å². The smallest absolute Gasteiger partial charge is 0.159 e. The molecule has 0 aromatic heterocycles. The first kappa shape index (κ1) is 12.5. The molecule has 3 rings (SSSR count). The molecule has 2 heteroatoms. The van der Waals surface area contributed by atoms with Crippen LogP contribution in [0.15, 0.2) is 60.7 Å². The molecular weight excluding hydrogens is 251 g/mol. The van der Waals surface area contributed by atoms with Crippen LogP contribution in [0, 0.1) is 5.82 Å². The van der Waals surface area contributed by atoms with Crippen molar-refractivity contribution in [3.8, 4) is 11.1 Å². The van der Waals surface area contributed by atoms with Gasteiger partial charge >= 0.3 is 0 Å². The van der Waals surface area contributed by atoms with E-state index in [1.807, 2.05) is 36.4 Å². The molecule has 0 saturated heterocycles. The molecule has 20 heavy (non-hydrogen) atoms. The van der Waals surface area contributed by atoms with Gasteiger partial charge < -0.3 is 0 Å². The predicted octanol–water partition coefficient (Wildman–Crippen LogP) is 4.85. The zero-order valence-electron chi connectivity index (χ0n) is 11.1. The summed E-state index contributed by atoms with van der Waals surface area (Å²) in [5.74, 6) is -0.203. The third-order valence-corrected chi connectivity index (χ3v) is 3.45. The number of ketones is 1. The minimum absolute atomic E-state index is 0.0262. The van der Waals surface area contributed by atoms with E-state index in [0.717, 1.165) is 16.5 Å². The molecule has 0 amide bonds. The van der Waals surface area contributed by atoms with Crippen LogP contribution in [-0.4, -0.2) is 5.78 Å². The molecule has 0 unspecified atom stereocenters. The molecule has 98 valence electrons. The van der Waals surface area contributed by atoms with Crippen molar-refractivity contribution in [2.75, 3.05) is 0 Å². The van der Waals surface area contributed by atoms with E-state index in [1.54, 1.807) is 25.1 Å². The third kappa shape index (κ3) is 2.10.